The van der Waals surface area contributed by atoms with Gasteiger partial charge in [-0.2, -0.15) is 17.9 Å². The number of anilines is 1. The fourth-order valence-electron chi connectivity index (χ4n) is 3.11. The van der Waals surface area contributed by atoms with Gasteiger partial charge in [-0.1, -0.05) is 34.8 Å². The Morgan fingerprint density at radius 1 is 1.13 bits per heavy atom. The lowest BCUT2D eigenvalue weighted by molar-refractivity contribution is -0.154. The number of aryl methyl sites for hydroxylation is 1. The summed E-state index contributed by atoms with van der Waals surface area (Å²) in [5.41, 5.74) is 6.46. The van der Waals surface area contributed by atoms with E-state index >= 15 is 0 Å². The first-order valence-corrected chi connectivity index (χ1v) is 11.0. The zero-order valence-electron chi connectivity index (χ0n) is 15.3. The lowest BCUT2D eigenvalue weighted by Crippen LogP contribution is -2.48. The Balaban J connectivity index is 2.01. The van der Waals surface area contributed by atoms with Gasteiger partial charge in [0.25, 0.3) is 0 Å². The third-order valence-corrected chi connectivity index (χ3v) is 6.87. The molecule has 0 aliphatic carbocycles. The number of sulfonamides is 1. The van der Waals surface area contributed by atoms with Crippen LogP contribution >= 0.6 is 34.8 Å². The zero-order chi connectivity index (χ0) is 22.4. The van der Waals surface area contributed by atoms with E-state index in [1.54, 1.807) is 29.8 Å². The minimum Gasteiger partial charge on any atom is -0.398 e. The van der Waals surface area contributed by atoms with E-state index in [0.717, 1.165) is 12.1 Å². The van der Waals surface area contributed by atoms with Crippen LogP contribution in [0.4, 0.5) is 18.9 Å². The van der Waals surface area contributed by atoms with Gasteiger partial charge in [0, 0.05) is 33.7 Å². The first-order valence-electron chi connectivity index (χ1n) is 8.38. The quantitative estimate of drug-likeness (QED) is 0.461. The van der Waals surface area contributed by atoms with Gasteiger partial charge in [-0.05, 0) is 42.8 Å². The number of halogens is 6. The van der Waals surface area contributed by atoms with E-state index in [2.05, 4.69) is 0 Å². The van der Waals surface area contributed by atoms with E-state index in [0.29, 0.717) is 21.5 Å². The molecule has 3 N–H and O–H groups in total. The number of aromatic nitrogens is 1. The van der Waals surface area contributed by atoms with Gasteiger partial charge < -0.3 is 10.3 Å². The van der Waals surface area contributed by atoms with E-state index in [9.17, 15) is 21.6 Å². The van der Waals surface area contributed by atoms with Gasteiger partial charge >= 0.3 is 6.18 Å². The van der Waals surface area contributed by atoms with Crippen molar-refractivity contribution in [1.82, 2.24) is 9.29 Å². The van der Waals surface area contributed by atoms with E-state index < -0.39 is 33.7 Å². The van der Waals surface area contributed by atoms with Gasteiger partial charge in [0.1, 0.15) is 10.9 Å². The minimum atomic E-state index is -4.89. The lowest BCUT2D eigenvalue weighted by atomic mass is 10.2. The minimum absolute atomic E-state index is 0.0526. The number of alkyl halides is 3. The molecule has 0 saturated heterocycles. The zero-order valence-corrected chi connectivity index (χ0v) is 18.3. The van der Waals surface area contributed by atoms with Crippen LogP contribution in [-0.4, -0.2) is 25.2 Å². The number of benzene rings is 2. The van der Waals surface area contributed by atoms with Crippen molar-refractivity contribution < 1.29 is 21.6 Å². The molecule has 1 unspecified atom stereocenters. The Labute approximate surface area is 185 Å². The van der Waals surface area contributed by atoms with Gasteiger partial charge in [0.05, 0.1) is 10.7 Å². The topological polar surface area (TPSA) is 77.1 Å². The standard InChI is InChI=1S/C18H15Cl3F3N3O2S/c1-9-7-27(15-3-2-10(19)4-12(9)15)8-16(18(22,23)24)26-30(28,29)17-13(21)5-11(20)6-14(17)25/h2-7,16,26H,8,25H2,1H3. The molecule has 5 nitrogen and oxygen atoms in total. The molecule has 0 saturated carbocycles. The normalized spacial score (nSPS) is 13.7. The van der Waals surface area contributed by atoms with Crippen molar-refractivity contribution in [3.63, 3.8) is 0 Å². The van der Waals surface area contributed by atoms with Crippen LogP contribution in [0, 0.1) is 6.92 Å². The third kappa shape index (κ3) is 4.65. The van der Waals surface area contributed by atoms with E-state index in [1.807, 2.05) is 0 Å². The van der Waals surface area contributed by atoms with Gasteiger partial charge in [0.2, 0.25) is 10.0 Å². The predicted octanol–water partition coefficient (Wildman–Crippen LogP) is 5.40. The van der Waals surface area contributed by atoms with Crippen LogP contribution < -0.4 is 10.5 Å². The number of nitrogens with two attached hydrogens (primary N) is 1. The molecule has 0 fully saturated rings. The Kier molecular flexibility index (Phi) is 6.23. The van der Waals surface area contributed by atoms with Crippen LogP contribution in [0.3, 0.4) is 0 Å². The molecule has 3 aromatic rings. The highest BCUT2D eigenvalue weighted by molar-refractivity contribution is 7.89. The number of nitrogens with zero attached hydrogens (tertiary/aromatic N) is 1. The van der Waals surface area contributed by atoms with Crippen molar-refractivity contribution >= 4 is 61.4 Å². The van der Waals surface area contributed by atoms with E-state index in [1.165, 1.54) is 10.8 Å². The Bertz CT molecular complexity index is 1200. The van der Waals surface area contributed by atoms with Gasteiger partial charge in [0.15, 0.2) is 0 Å². The van der Waals surface area contributed by atoms with Gasteiger partial charge in [-0.3, -0.25) is 0 Å². The summed E-state index contributed by atoms with van der Waals surface area (Å²) in [6, 6.07) is 4.48. The summed E-state index contributed by atoms with van der Waals surface area (Å²) in [6.45, 7) is 1.01. The Hall–Kier alpha value is -1.65. The van der Waals surface area contributed by atoms with Crippen LogP contribution in [0.15, 0.2) is 41.4 Å². The summed E-state index contributed by atoms with van der Waals surface area (Å²) >= 11 is 17.6. The molecule has 0 spiro atoms. The molecule has 3 rings (SSSR count). The van der Waals surface area contributed by atoms with Crippen molar-refractivity contribution in [3.8, 4) is 0 Å². The maximum atomic E-state index is 13.7. The number of fused-ring (bicyclic) bond motifs is 1. The second kappa shape index (κ2) is 8.12. The van der Waals surface area contributed by atoms with Crippen molar-refractivity contribution in [2.75, 3.05) is 5.73 Å². The highest BCUT2D eigenvalue weighted by Gasteiger charge is 2.43. The molecular formula is C18H15Cl3F3N3O2S. The number of hydrogen-bond acceptors (Lipinski definition) is 3. The first kappa shape index (κ1) is 23.0. The average Bonchev–Trinajstić information content (AvgIpc) is 2.87. The van der Waals surface area contributed by atoms with Crippen molar-refractivity contribution in [3.05, 3.63) is 57.2 Å². The SMILES string of the molecule is Cc1cn(CC(NS(=O)(=O)c2c(N)cc(Cl)cc2Cl)C(F)(F)F)c2ccc(Cl)cc12. The number of hydrogen-bond donors (Lipinski definition) is 2. The maximum absolute atomic E-state index is 13.7. The number of rotatable bonds is 5. The molecule has 1 heterocycles. The predicted molar refractivity (Wildman–Crippen MR) is 113 cm³/mol. The third-order valence-electron chi connectivity index (χ3n) is 4.42. The lowest BCUT2D eigenvalue weighted by Gasteiger charge is -2.23. The van der Waals surface area contributed by atoms with Crippen LogP contribution in [0.5, 0.6) is 0 Å². The van der Waals surface area contributed by atoms with Crippen LogP contribution in [-0.2, 0) is 16.6 Å². The summed E-state index contributed by atoms with van der Waals surface area (Å²) < 4.78 is 69.6. The molecule has 0 aliphatic rings. The molecule has 0 amide bonds. The second-order valence-electron chi connectivity index (χ2n) is 6.65. The molecule has 30 heavy (non-hydrogen) atoms. The molecule has 0 radical (unpaired) electrons. The molecule has 2 aromatic carbocycles. The van der Waals surface area contributed by atoms with Crippen molar-refractivity contribution in [2.45, 2.75) is 30.6 Å². The van der Waals surface area contributed by atoms with Crippen molar-refractivity contribution in [2.24, 2.45) is 0 Å². The fraction of sp³-hybridized carbons (Fsp3) is 0.222. The fourth-order valence-corrected chi connectivity index (χ4v) is 5.48. The summed E-state index contributed by atoms with van der Waals surface area (Å²) in [5.74, 6) is 0. The Morgan fingerprint density at radius 2 is 1.80 bits per heavy atom. The van der Waals surface area contributed by atoms with Crippen LogP contribution in [0.2, 0.25) is 15.1 Å². The number of nitrogens with one attached hydrogen (secondary N) is 1. The smallest absolute Gasteiger partial charge is 0.398 e. The molecular weight excluding hydrogens is 486 g/mol. The average molecular weight is 501 g/mol. The highest BCUT2D eigenvalue weighted by Crippen LogP contribution is 2.33. The van der Waals surface area contributed by atoms with Crippen LogP contribution in [0.1, 0.15) is 5.56 Å². The summed E-state index contributed by atoms with van der Waals surface area (Å²) in [4.78, 5) is -0.664. The van der Waals surface area contributed by atoms with Crippen LogP contribution in [0.25, 0.3) is 10.9 Å². The maximum Gasteiger partial charge on any atom is 0.406 e. The molecule has 162 valence electrons. The second-order valence-corrected chi connectivity index (χ2v) is 9.58. The molecule has 12 heteroatoms. The molecule has 1 aromatic heterocycles. The van der Waals surface area contributed by atoms with E-state index in [4.69, 9.17) is 40.5 Å². The largest absolute Gasteiger partial charge is 0.406 e. The summed E-state index contributed by atoms with van der Waals surface area (Å²) in [5, 5.41) is 0.766. The Morgan fingerprint density at radius 3 is 2.40 bits per heavy atom. The van der Waals surface area contributed by atoms with Crippen molar-refractivity contribution in [1.29, 1.82) is 0 Å². The first-order chi connectivity index (χ1) is 13.8. The van der Waals surface area contributed by atoms with Gasteiger partial charge in [-0.25, -0.2) is 8.42 Å². The monoisotopic (exact) mass is 499 g/mol. The number of nitrogen functional groups attached to an aromatic ring is 1. The molecule has 0 aliphatic heterocycles. The van der Waals surface area contributed by atoms with E-state index in [-0.39, 0.29) is 15.7 Å². The summed E-state index contributed by atoms with van der Waals surface area (Å²) in [6.07, 6.45) is -3.39. The molecule has 1 atom stereocenters. The summed E-state index contributed by atoms with van der Waals surface area (Å²) in [7, 11) is -4.71. The highest BCUT2D eigenvalue weighted by atomic mass is 35.5. The molecule has 0 bridgehead atoms. The van der Waals surface area contributed by atoms with Gasteiger partial charge in [-0.15, -0.1) is 0 Å².